The summed E-state index contributed by atoms with van der Waals surface area (Å²) in [5.74, 6) is 1.09. The highest BCUT2D eigenvalue weighted by Gasteiger charge is 2.17. The van der Waals surface area contributed by atoms with Crippen molar-refractivity contribution in [1.29, 1.82) is 0 Å². The van der Waals surface area contributed by atoms with Gasteiger partial charge >= 0.3 is 6.01 Å². The second-order valence-electron chi connectivity index (χ2n) is 7.44. The van der Waals surface area contributed by atoms with Crippen molar-refractivity contribution in [3.05, 3.63) is 71.5 Å². The lowest BCUT2D eigenvalue weighted by molar-refractivity contribution is 0.0989. The van der Waals surface area contributed by atoms with Crippen LogP contribution in [-0.2, 0) is 11.3 Å². The normalized spacial score (nSPS) is 15.1. The molecule has 0 aliphatic carbocycles. The molecular weight excluding hydrogens is 408 g/mol. The van der Waals surface area contributed by atoms with E-state index in [9.17, 15) is 5.11 Å². The molecule has 1 aliphatic rings. The summed E-state index contributed by atoms with van der Waals surface area (Å²) in [6.45, 7) is 5.16. The number of anilines is 1. The van der Waals surface area contributed by atoms with Gasteiger partial charge in [-0.3, -0.25) is 4.98 Å². The monoisotopic (exact) mass is 434 g/mol. The van der Waals surface area contributed by atoms with Gasteiger partial charge < -0.3 is 19.5 Å². The van der Waals surface area contributed by atoms with Gasteiger partial charge in [0.2, 0.25) is 0 Å². The number of aromatic nitrogens is 3. The first kappa shape index (κ1) is 21.8. The van der Waals surface area contributed by atoms with Gasteiger partial charge in [-0.25, -0.2) is 0 Å². The molecule has 0 bridgehead atoms. The van der Waals surface area contributed by atoms with Crippen molar-refractivity contribution < 1.29 is 14.6 Å². The summed E-state index contributed by atoms with van der Waals surface area (Å²) in [6.07, 6.45) is 0.735. The average Bonchev–Trinajstić information content (AvgIpc) is 2.83. The lowest BCUT2D eigenvalue weighted by atomic mass is 10.1. The van der Waals surface area contributed by atoms with Crippen molar-refractivity contribution in [2.75, 3.05) is 37.8 Å². The van der Waals surface area contributed by atoms with Crippen LogP contribution in [0, 0.1) is 6.92 Å². The Kier molecular flexibility index (Phi) is 7.31. The van der Waals surface area contributed by atoms with E-state index >= 15 is 0 Å². The number of nitrogens with zero attached hydrogens (tertiary/aromatic N) is 6. The molecule has 1 saturated heterocycles. The predicted octanol–water partition coefficient (Wildman–Crippen LogP) is 3.41. The van der Waals surface area contributed by atoms with Crippen molar-refractivity contribution in [2.45, 2.75) is 19.6 Å². The predicted molar refractivity (Wildman–Crippen MR) is 119 cm³/mol. The summed E-state index contributed by atoms with van der Waals surface area (Å²) in [7, 11) is 0. The van der Waals surface area contributed by atoms with Gasteiger partial charge in [0.15, 0.2) is 5.82 Å². The first-order valence-electron chi connectivity index (χ1n) is 10.5. The van der Waals surface area contributed by atoms with Crippen LogP contribution >= 0.6 is 0 Å². The second kappa shape index (κ2) is 10.7. The zero-order valence-electron chi connectivity index (χ0n) is 18.0. The van der Waals surface area contributed by atoms with Crippen LogP contribution in [0.2, 0.25) is 0 Å². The molecule has 1 unspecified atom stereocenters. The summed E-state index contributed by atoms with van der Waals surface area (Å²) < 4.78 is 11.1. The van der Waals surface area contributed by atoms with E-state index in [4.69, 9.17) is 9.47 Å². The van der Waals surface area contributed by atoms with Crippen LogP contribution in [0.1, 0.15) is 22.9 Å². The minimum atomic E-state index is -0.891. The first-order valence-corrected chi connectivity index (χ1v) is 10.5. The maximum Gasteiger partial charge on any atom is 0.320 e. The van der Waals surface area contributed by atoms with Crippen molar-refractivity contribution in [3.8, 4) is 6.01 Å². The van der Waals surface area contributed by atoms with Crippen molar-refractivity contribution in [2.24, 2.45) is 10.2 Å². The third-order valence-electron chi connectivity index (χ3n) is 4.92. The van der Waals surface area contributed by atoms with E-state index in [1.54, 1.807) is 24.4 Å². The van der Waals surface area contributed by atoms with Crippen LogP contribution in [-0.4, -0.2) is 53.0 Å². The number of aliphatic hydroxyl groups is 1. The Balaban J connectivity index is 1.50. The van der Waals surface area contributed by atoms with Gasteiger partial charge in [-0.15, -0.1) is 5.11 Å². The molecule has 0 amide bonds. The highest BCUT2D eigenvalue weighted by atomic mass is 16.5. The Bertz CT molecular complexity index is 1040. The fraction of sp³-hybridized carbons (Fsp3) is 0.348. The van der Waals surface area contributed by atoms with Gasteiger partial charge in [-0.1, -0.05) is 35.9 Å². The van der Waals surface area contributed by atoms with E-state index in [-0.39, 0.29) is 12.6 Å². The van der Waals surface area contributed by atoms with Crippen molar-refractivity contribution in [1.82, 2.24) is 15.0 Å². The molecule has 3 heterocycles. The SMILES string of the molecule is Cc1cccc(CN=Nc2cc(N3CCOCC3)nc(OCC(O)c3ccccn3)n2)c1. The molecule has 3 aromatic rings. The van der Waals surface area contributed by atoms with Crippen molar-refractivity contribution >= 4 is 11.6 Å². The van der Waals surface area contributed by atoms with E-state index in [2.05, 4.69) is 36.1 Å². The molecule has 9 heteroatoms. The standard InChI is InChI=1S/C23H26N6O3/c1-17-5-4-6-18(13-17)15-25-28-21-14-22(29-9-11-31-12-10-29)27-23(26-21)32-16-20(30)19-7-2-3-8-24-19/h2-8,13-14,20,30H,9-12,15-16H2,1H3. The minimum absolute atomic E-state index is 0.0244. The fourth-order valence-electron chi connectivity index (χ4n) is 3.28. The Morgan fingerprint density at radius 3 is 2.78 bits per heavy atom. The number of ether oxygens (including phenoxy) is 2. The summed E-state index contributed by atoms with van der Waals surface area (Å²) in [6, 6.07) is 15.4. The zero-order valence-corrected chi connectivity index (χ0v) is 18.0. The van der Waals surface area contributed by atoms with Gasteiger partial charge in [-0.2, -0.15) is 15.1 Å². The number of pyridine rings is 1. The second-order valence-corrected chi connectivity index (χ2v) is 7.44. The molecule has 0 radical (unpaired) electrons. The molecule has 0 spiro atoms. The Morgan fingerprint density at radius 2 is 2.00 bits per heavy atom. The van der Waals surface area contributed by atoms with Gasteiger partial charge in [-0.05, 0) is 24.6 Å². The van der Waals surface area contributed by atoms with Gasteiger partial charge in [0.1, 0.15) is 18.5 Å². The number of rotatable bonds is 8. The molecule has 1 aliphatic heterocycles. The number of azo groups is 1. The molecule has 1 fully saturated rings. The molecule has 4 rings (SSSR count). The van der Waals surface area contributed by atoms with E-state index in [0.717, 1.165) is 5.56 Å². The molecule has 32 heavy (non-hydrogen) atoms. The number of aryl methyl sites for hydroxylation is 1. The Hall–Kier alpha value is -3.43. The van der Waals surface area contributed by atoms with Crippen LogP contribution in [0.4, 0.5) is 11.6 Å². The summed E-state index contributed by atoms with van der Waals surface area (Å²) in [5.41, 5.74) is 2.78. The topological polar surface area (TPSA) is 105 Å². The average molecular weight is 435 g/mol. The molecule has 1 atom stereocenters. The Labute approximate surface area is 186 Å². The van der Waals surface area contributed by atoms with Crippen LogP contribution in [0.5, 0.6) is 6.01 Å². The van der Waals surface area contributed by atoms with Gasteiger partial charge in [0.25, 0.3) is 0 Å². The summed E-state index contributed by atoms with van der Waals surface area (Å²) in [5, 5.41) is 18.9. The Morgan fingerprint density at radius 1 is 1.12 bits per heavy atom. The highest BCUT2D eigenvalue weighted by Crippen LogP contribution is 2.23. The highest BCUT2D eigenvalue weighted by molar-refractivity contribution is 5.47. The van der Waals surface area contributed by atoms with Crippen LogP contribution in [0.3, 0.4) is 0 Å². The summed E-state index contributed by atoms with van der Waals surface area (Å²) in [4.78, 5) is 15.1. The van der Waals surface area contributed by atoms with Crippen LogP contribution in [0.25, 0.3) is 0 Å². The largest absolute Gasteiger partial charge is 0.460 e. The van der Waals surface area contributed by atoms with E-state index < -0.39 is 6.10 Å². The van der Waals surface area contributed by atoms with Crippen LogP contribution < -0.4 is 9.64 Å². The maximum absolute atomic E-state index is 10.3. The fourth-order valence-corrected chi connectivity index (χ4v) is 3.28. The van der Waals surface area contributed by atoms with Gasteiger partial charge in [0.05, 0.1) is 25.5 Å². The molecule has 1 aromatic carbocycles. The number of aliphatic hydroxyl groups excluding tert-OH is 1. The summed E-state index contributed by atoms with van der Waals surface area (Å²) >= 11 is 0. The lowest BCUT2D eigenvalue weighted by Gasteiger charge is -2.27. The molecule has 2 aromatic heterocycles. The first-order chi connectivity index (χ1) is 15.7. The maximum atomic E-state index is 10.3. The third kappa shape index (κ3) is 6.05. The van der Waals surface area contributed by atoms with E-state index in [0.29, 0.717) is 50.2 Å². The molecular formula is C23H26N6O3. The third-order valence-corrected chi connectivity index (χ3v) is 4.92. The number of benzene rings is 1. The van der Waals surface area contributed by atoms with E-state index in [1.165, 1.54) is 5.56 Å². The van der Waals surface area contributed by atoms with Crippen molar-refractivity contribution in [3.63, 3.8) is 0 Å². The molecule has 166 valence electrons. The lowest BCUT2D eigenvalue weighted by Crippen LogP contribution is -2.36. The number of morpholine rings is 1. The molecule has 0 saturated carbocycles. The van der Waals surface area contributed by atoms with E-state index in [1.807, 2.05) is 31.2 Å². The quantitative estimate of drug-likeness (QED) is 0.542. The van der Waals surface area contributed by atoms with Crippen LogP contribution in [0.15, 0.2) is 65.0 Å². The van der Waals surface area contributed by atoms with Gasteiger partial charge in [0, 0.05) is 25.4 Å². The number of hydrogen-bond donors (Lipinski definition) is 1. The zero-order chi connectivity index (χ0) is 22.2. The smallest absolute Gasteiger partial charge is 0.320 e. The molecule has 9 nitrogen and oxygen atoms in total. The number of hydrogen-bond acceptors (Lipinski definition) is 9. The molecule has 1 N–H and O–H groups in total. The minimum Gasteiger partial charge on any atom is -0.460 e.